The van der Waals surface area contributed by atoms with Crippen molar-refractivity contribution in [2.45, 2.75) is 24.2 Å². The Kier molecular flexibility index (Phi) is 4.27. The van der Waals surface area contributed by atoms with Crippen molar-refractivity contribution < 1.29 is 13.2 Å². The number of hydrogen-bond acceptors (Lipinski definition) is 4. The molecule has 0 saturated carbocycles. The van der Waals surface area contributed by atoms with Crippen molar-refractivity contribution in [2.24, 2.45) is 5.73 Å². The van der Waals surface area contributed by atoms with Crippen LogP contribution in [0.2, 0.25) is 5.02 Å². The van der Waals surface area contributed by atoms with Crippen LogP contribution in [0, 0.1) is 0 Å². The molecule has 2 N–H and O–H groups in total. The number of nitrogens with zero attached hydrogens (tertiary/aromatic N) is 2. The maximum atomic E-state index is 12.7. The van der Waals surface area contributed by atoms with Gasteiger partial charge in [-0.3, -0.25) is 9.78 Å². The van der Waals surface area contributed by atoms with E-state index in [4.69, 9.17) is 17.3 Å². The second-order valence-corrected chi connectivity index (χ2v) is 7.81. The number of nitrogens with two attached hydrogens (primary N) is 1. The third-order valence-corrected chi connectivity index (χ3v) is 6.29. The number of hydrogen-bond donors (Lipinski definition) is 1. The summed E-state index contributed by atoms with van der Waals surface area (Å²) in [5, 5.41) is 0.527. The van der Waals surface area contributed by atoms with Crippen LogP contribution in [0.5, 0.6) is 0 Å². The first-order valence-corrected chi connectivity index (χ1v) is 9.11. The minimum Gasteiger partial charge on any atom is -0.366 e. The molecule has 6 nitrogen and oxygen atoms in total. The van der Waals surface area contributed by atoms with E-state index >= 15 is 0 Å². The Morgan fingerprint density at radius 1 is 1.22 bits per heavy atom. The van der Waals surface area contributed by atoms with E-state index in [1.54, 1.807) is 6.07 Å². The van der Waals surface area contributed by atoms with Crippen molar-refractivity contribution in [3.05, 3.63) is 35.0 Å². The fourth-order valence-corrected chi connectivity index (χ4v) is 4.56. The maximum absolute atomic E-state index is 12.7. The summed E-state index contributed by atoms with van der Waals surface area (Å²) in [6.07, 6.45) is 4.06. The van der Waals surface area contributed by atoms with Gasteiger partial charge in [-0.2, -0.15) is 4.31 Å². The predicted octanol–water partition coefficient (Wildman–Crippen LogP) is 2.16. The molecule has 1 saturated heterocycles. The first-order valence-electron chi connectivity index (χ1n) is 7.29. The van der Waals surface area contributed by atoms with Crippen LogP contribution in [0.15, 0.2) is 29.3 Å². The molecule has 1 fully saturated rings. The van der Waals surface area contributed by atoms with Crippen molar-refractivity contribution in [1.82, 2.24) is 9.29 Å². The Labute approximate surface area is 139 Å². The zero-order chi connectivity index (χ0) is 16.6. The Morgan fingerprint density at radius 3 is 2.57 bits per heavy atom. The number of sulfonamides is 1. The average Bonchev–Trinajstić information content (AvgIpc) is 2.55. The van der Waals surface area contributed by atoms with Gasteiger partial charge in [0.2, 0.25) is 10.0 Å². The summed E-state index contributed by atoms with van der Waals surface area (Å²) in [4.78, 5) is 15.6. The van der Waals surface area contributed by atoms with Gasteiger partial charge in [0.05, 0.1) is 21.0 Å². The van der Waals surface area contributed by atoms with E-state index < -0.39 is 15.9 Å². The predicted molar refractivity (Wildman–Crippen MR) is 87.9 cm³/mol. The van der Waals surface area contributed by atoms with Crippen LogP contribution in [0.25, 0.3) is 10.9 Å². The largest absolute Gasteiger partial charge is 0.366 e. The maximum Gasteiger partial charge on any atom is 0.251 e. The van der Waals surface area contributed by atoms with E-state index in [2.05, 4.69) is 4.98 Å². The number of carbonyl (C=O) groups is 1. The SMILES string of the molecule is NC(=O)c1cnc2ccc(S(=O)(=O)N3CCCCC3)cc2c1Cl. The highest BCUT2D eigenvalue weighted by molar-refractivity contribution is 7.89. The topological polar surface area (TPSA) is 93.4 Å². The van der Waals surface area contributed by atoms with Gasteiger partial charge in [-0.05, 0) is 31.0 Å². The molecule has 1 aliphatic heterocycles. The van der Waals surface area contributed by atoms with Crippen molar-refractivity contribution in [1.29, 1.82) is 0 Å². The van der Waals surface area contributed by atoms with Crippen molar-refractivity contribution >= 4 is 38.4 Å². The number of aromatic nitrogens is 1. The molecule has 0 atom stereocenters. The molecule has 0 spiro atoms. The molecule has 0 bridgehead atoms. The molecule has 1 aromatic carbocycles. The van der Waals surface area contributed by atoms with E-state index in [0.717, 1.165) is 19.3 Å². The van der Waals surface area contributed by atoms with Crippen molar-refractivity contribution in [2.75, 3.05) is 13.1 Å². The summed E-state index contributed by atoms with van der Waals surface area (Å²) in [6.45, 7) is 1.04. The number of primary amides is 1. The molecule has 1 aliphatic rings. The van der Waals surface area contributed by atoms with Crippen LogP contribution < -0.4 is 5.73 Å². The van der Waals surface area contributed by atoms with Gasteiger partial charge in [0.15, 0.2) is 0 Å². The Balaban J connectivity index is 2.12. The highest BCUT2D eigenvalue weighted by atomic mass is 35.5. The fourth-order valence-electron chi connectivity index (χ4n) is 2.73. The zero-order valence-corrected chi connectivity index (χ0v) is 13.9. The molecule has 122 valence electrons. The van der Waals surface area contributed by atoms with Gasteiger partial charge in [-0.25, -0.2) is 8.42 Å². The number of halogens is 1. The number of fused-ring (bicyclic) bond motifs is 1. The molecule has 2 heterocycles. The molecular weight excluding hydrogens is 338 g/mol. The second-order valence-electron chi connectivity index (χ2n) is 5.49. The Hall–Kier alpha value is -1.70. The average molecular weight is 354 g/mol. The fraction of sp³-hybridized carbons (Fsp3) is 0.333. The van der Waals surface area contributed by atoms with Crippen LogP contribution in [-0.4, -0.2) is 36.7 Å². The van der Waals surface area contributed by atoms with Gasteiger partial charge in [-0.1, -0.05) is 18.0 Å². The van der Waals surface area contributed by atoms with Crippen LogP contribution in [0.1, 0.15) is 29.6 Å². The lowest BCUT2D eigenvalue weighted by Gasteiger charge is -2.26. The van der Waals surface area contributed by atoms with Crippen LogP contribution in [0.4, 0.5) is 0 Å². The molecule has 8 heteroatoms. The second kappa shape index (κ2) is 6.07. The van der Waals surface area contributed by atoms with Gasteiger partial charge in [0.25, 0.3) is 5.91 Å². The molecule has 0 aliphatic carbocycles. The van der Waals surface area contributed by atoms with E-state index in [1.807, 2.05) is 0 Å². The molecule has 3 rings (SSSR count). The van der Waals surface area contributed by atoms with Gasteiger partial charge in [0, 0.05) is 24.7 Å². The summed E-state index contributed by atoms with van der Waals surface area (Å²) < 4.78 is 26.9. The quantitative estimate of drug-likeness (QED) is 0.914. The lowest BCUT2D eigenvalue weighted by Crippen LogP contribution is -2.35. The number of piperidine rings is 1. The van der Waals surface area contributed by atoms with E-state index in [1.165, 1.54) is 22.6 Å². The van der Waals surface area contributed by atoms with Crippen molar-refractivity contribution in [3.8, 4) is 0 Å². The van der Waals surface area contributed by atoms with Gasteiger partial charge in [0.1, 0.15) is 0 Å². The molecule has 2 aromatic rings. The summed E-state index contributed by atoms with van der Waals surface area (Å²) in [5.41, 5.74) is 5.84. The molecular formula is C15H16ClN3O3S. The van der Waals surface area contributed by atoms with Crippen LogP contribution >= 0.6 is 11.6 Å². The summed E-state index contributed by atoms with van der Waals surface area (Å²) in [7, 11) is -3.57. The first kappa shape index (κ1) is 16.2. The highest BCUT2D eigenvalue weighted by Gasteiger charge is 2.26. The summed E-state index contributed by atoms with van der Waals surface area (Å²) in [6, 6.07) is 4.56. The number of benzene rings is 1. The number of amides is 1. The van der Waals surface area contributed by atoms with Crippen LogP contribution in [-0.2, 0) is 10.0 Å². The monoisotopic (exact) mass is 353 g/mol. The molecule has 0 radical (unpaired) electrons. The summed E-state index contributed by atoms with van der Waals surface area (Å²) >= 11 is 6.20. The van der Waals surface area contributed by atoms with E-state index in [0.29, 0.717) is 24.0 Å². The van der Waals surface area contributed by atoms with E-state index in [-0.39, 0.29) is 15.5 Å². The normalized spacial score (nSPS) is 16.6. The Bertz CT molecular complexity index is 877. The lowest BCUT2D eigenvalue weighted by molar-refractivity contribution is 0.1000. The standard InChI is InChI=1S/C15H16ClN3O3S/c16-14-11-8-10(23(21,22)19-6-2-1-3-7-19)4-5-13(11)18-9-12(14)15(17)20/h4-5,8-9H,1-3,6-7H2,(H2,17,20). The third kappa shape index (κ3) is 2.91. The Morgan fingerprint density at radius 2 is 1.91 bits per heavy atom. The minimum atomic E-state index is -3.57. The highest BCUT2D eigenvalue weighted by Crippen LogP contribution is 2.29. The minimum absolute atomic E-state index is 0.0756. The third-order valence-electron chi connectivity index (χ3n) is 3.99. The summed E-state index contributed by atoms with van der Waals surface area (Å²) in [5.74, 6) is -0.700. The lowest BCUT2D eigenvalue weighted by atomic mass is 10.1. The number of carbonyl (C=O) groups excluding carboxylic acids is 1. The molecule has 1 amide bonds. The van der Waals surface area contributed by atoms with E-state index in [9.17, 15) is 13.2 Å². The molecule has 0 unspecified atom stereocenters. The zero-order valence-electron chi connectivity index (χ0n) is 12.3. The van der Waals surface area contributed by atoms with Crippen LogP contribution in [0.3, 0.4) is 0 Å². The smallest absolute Gasteiger partial charge is 0.251 e. The van der Waals surface area contributed by atoms with Gasteiger partial charge < -0.3 is 5.73 Å². The number of rotatable bonds is 3. The molecule has 23 heavy (non-hydrogen) atoms. The van der Waals surface area contributed by atoms with Crippen molar-refractivity contribution in [3.63, 3.8) is 0 Å². The van der Waals surface area contributed by atoms with Gasteiger partial charge in [-0.15, -0.1) is 0 Å². The van der Waals surface area contributed by atoms with Gasteiger partial charge >= 0.3 is 0 Å². The first-order chi connectivity index (χ1) is 10.9. The molecule has 1 aromatic heterocycles. The number of pyridine rings is 1.